The van der Waals surface area contributed by atoms with Crippen LogP contribution in [0.25, 0.3) is 0 Å². The van der Waals surface area contributed by atoms with E-state index in [1.807, 2.05) is 26.0 Å². The Morgan fingerprint density at radius 1 is 1.35 bits per heavy atom. The fourth-order valence-corrected chi connectivity index (χ4v) is 3.51. The summed E-state index contributed by atoms with van der Waals surface area (Å²) in [6.45, 7) is 6.64. The summed E-state index contributed by atoms with van der Waals surface area (Å²) < 4.78 is 16.7. The molecule has 2 aromatic rings. The lowest BCUT2D eigenvalue weighted by molar-refractivity contribution is 0.0605. The zero-order chi connectivity index (χ0) is 19.1. The van der Waals surface area contributed by atoms with E-state index in [2.05, 4.69) is 31.4 Å². The van der Waals surface area contributed by atoms with Crippen LogP contribution in [0.3, 0.4) is 0 Å². The van der Waals surface area contributed by atoms with Crippen LogP contribution in [0.1, 0.15) is 34.8 Å². The number of halogens is 1. The molecule has 0 aliphatic rings. The van der Waals surface area contributed by atoms with Gasteiger partial charge in [0.25, 0.3) is 0 Å². The number of carbonyl (C=O) groups excluding carboxylic acids is 1. The van der Waals surface area contributed by atoms with Crippen LogP contribution in [0.15, 0.2) is 21.7 Å². The van der Waals surface area contributed by atoms with Crippen LogP contribution < -0.4 is 14.9 Å². The first-order valence-corrected chi connectivity index (χ1v) is 9.55. The third-order valence-corrected chi connectivity index (χ3v) is 4.79. The van der Waals surface area contributed by atoms with Crippen LogP contribution in [-0.4, -0.2) is 37.5 Å². The molecule has 1 N–H and O–H groups in total. The number of hydrazone groups is 1. The topological polar surface area (TPSA) is 82.0 Å². The van der Waals surface area contributed by atoms with E-state index in [9.17, 15) is 4.79 Å². The van der Waals surface area contributed by atoms with Gasteiger partial charge in [-0.25, -0.2) is 9.78 Å². The highest BCUT2D eigenvalue weighted by molar-refractivity contribution is 9.10. The minimum absolute atomic E-state index is 0.408. The first kappa shape index (κ1) is 20.2. The second kappa shape index (κ2) is 9.54. The lowest BCUT2D eigenvalue weighted by Gasteiger charge is -2.13. The van der Waals surface area contributed by atoms with Crippen molar-refractivity contribution in [2.45, 2.75) is 20.8 Å². The summed E-state index contributed by atoms with van der Waals surface area (Å²) in [6, 6.07) is 3.73. The van der Waals surface area contributed by atoms with E-state index in [1.165, 1.54) is 18.4 Å². The lowest BCUT2D eigenvalue weighted by Crippen LogP contribution is -2.00. The number of hydrogen-bond acceptors (Lipinski definition) is 8. The van der Waals surface area contributed by atoms with Gasteiger partial charge in [-0.1, -0.05) is 11.3 Å². The van der Waals surface area contributed by atoms with Crippen LogP contribution in [-0.2, 0) is 4.74 Å². The van der Waals surface area contributed by atoms with Gasteiger partial charge < -0.3 is 14.2 Å². The minimum Gasteiger partial charge on any atom is -0.490 e. The van der Waals surface area contributed by atoms with Gasteiger partial charge in [-0.15, -0.1) is 0 Å². The standard InChI is InChI=1S/C17H20BrN3O4S/c1-5-24-13-8-11(7-12(18)14(13)25-6-2)9-19-21-17-20-10(3)15(26-17)16(22)23-4/h7-9H,5-6H2,1-4H3,(H,20,21)/b19-9-. The molecule has 1 aromatic heterocycles. The molecule has 0 saturated heterocycles. The predicted molar refractivity (Wildman–Crippen MR) is 106 cm³/mol. The van der Waals surface area contributed by atoms with Crippen LogP contribution >= 0.6 is 27.3 Å². The van der Waals surface area contributed by atoms with Gasteiger partial charge in [0.05, 0.1) is 36.7 Å². The van der Waals surface area contributed by atoms with Gasteiger partial charge in [0, 0.05) is 0 Å². The SMILES string of the molecule is CCOc1cc(/C=N\Nc2nc(C)c(C(=O)OC)s2)cc(Br)c1OCC. The fraction of sp³-hybridized carbons (Fsp3) is 0.353. The van der Waals surface area contributed by atoms with Gasteiger partial charge in [0.2, 0.25) is 5.13 Å². The Morgan fingerprint density at radius 3 is 2.73 bits per heavy atom. The van der Waals surface area contributed by atoms with Crippen LogP contribution in [0.4, 0.5) is 5.13 Å². The smallest absolute Gasteiger partial charge is 0.350 e. The molecular formula is C17H20BrN3O4S. The van der Waals surface area contributed by atoms with Crippen molar-refractivity contribution in [2.75, 3.05) is 25.7 Å². The van der Waals surface area contributed by atoms with Gasteiger partial charge in [-0.2, -0.15) is 5.10 Å². The summed E-state index contributed by atoms with van der Waals surface area (Å²) in [6.07, 6.45) is 1.64. The van der Waals surface area contributed by atoms with Crippen molar-refractivity contribution in [1.82, 2.24) is 4.98 Å². The number of carbonyl (C=O) groups is 1. The largest absolute Gasteiger partial charge is 0.490 e. The normalized spacial score (nSPS) is 10.8. The molecule has 0 saturated carbocycles. The predicted octanol–water partition coefficient (Wildman–Crippen LogP) is 4.24. The first-order valence-electron chi connectivity index (χ1n) is 7.94. The number of nitrogens with one attached hydrogen (secondary N) is 1. The van der Waals surface area contributed by atoms with E-state index in [1.54, 1.807) is 13.1 Å². The fourth-order valence-electron chi connectivity index (χ4n) is 2.10. The van der Waals surface area contributed by atoms with Crippen molar-refractivity contribution in [3.63, 3.8) is 0 Å². The monoisotopic (exact) mass is 441 g/mol. The maximum atomic E-state index is 11.6. The number of anilines is 1. The van der Waals surface area contributed by atoms with E-state index in [4.69, 9.17) is 14.2 Å². The average Bonchev–Trinajstić information content (AvgIpc) is 2.98. The Balaban J connectivity index is 2.16. The summed E-state index contributed by atoms with van der Waals surface area (Å²) in [5, 5.41) is 4.68. The first-order chi connectivity index (χ1) is 12.5. The van der Waals surface area contributed by atoms with Gasteiger partial charge in [0.15, 0.2) is 11.5 Å². The molecule has 9 heteroatoms. The Kier molecular flexibility index (Phi) is 7.40. The molecule has 0 unspecified atom stereocenters. The molecule has 0 fully saturated rings. The molecule has 2 rings (SSSR count). The number of rotatable bonds is 8. The molecule has 1 aromatic carbocycles. The van der Waals surface area contributed by atoms with E-state index < -0.39 is 5.97 Å². The number of ether oxygens (including phenoxy) is 3. The number of hydrogen-bond donors (Lipinski definition) is 1. The highest BCUT2D eigenvalue weighted by Gasteiger charge is 2.15. The molecule has 7 nitrogen and oxygen atoms in total. The molecule has 0 bridgehead atoms. The second-order valence-corrected chi connectivity index (χ2v) is 6.84. The number of benzene rings is 1. The summed E-state index contributed by atoms with van der Waals surface area (Å²) in [5.74, 6) is 0.898. The number of thiazole rings is 1. The highest BCUT2D eigenvalue weighted by Crippen LogP contribution is 2.36. The van der Waals surface area contributed by atoms with Crippen molar-refractivity contribution < 1.29 is 19.0 Å². The molecule has 0 spiro atoms. The van der Waals surface area contributed by atoms with Crippen molar-refractivity contribution in [2.24, 2.45) is 5.10 Å². The van der Waals surface area contributed by atoms with Gasteiger partial charge >= 0.3 is 5.97 Å². The Bertz CT molecular complexity index is 808. The Labute approximate surface area is 164 Å². The van der Waals surface area contributed by atoms with Crippen molar-refractivity contribution in [3.8, 4) is 11.5 Å². The molecular weight excluding hydrogens is 422 g/mol. The van der Waals surface area contributed by atoms with E-state index in [0.717, 1.165) is 10.0 Å². The number of methoxy groups -OCH3 is 1. The third-order valence-electron chi connectivity index (χ3n) is 3.16. The number of aromatic nitrogens is 1. The lowest BCUT2D eigenvalue weighted by atomic mass is 10.2. The molecule has 0 atom stereocenters. The molecule has 0 amide bonds. The highest BCUT2D eigenvalue weighted by atomic mass is 79.9. The van der Waals surface area contributed by atoms with Crippen molar-refractivity contribution in [1.29, 1.82) is 0 Å². The van der Waals surface area contributed by atoms with E-state index in [-0.39, 0.29) is 0 Å². The quantitative estimate of drug-likeness (QED) is 0.374. The molecule has 0 aliphatic heterocycles. The zero-order valence-corrected chi connectivity index (χ0v) is 17.4. The minimum atomic E-state index is -0.408. The summed E-state index contributed by atoms with van der Waals surface area (Å²) in [7, 11) is 1.34. The molecule has 26 heavy (non-hydrogen) atoms. The van der Waals surface area contributed by atoms with Crippen molar-refractivity contribution >= 4 is 44.6 Å². The van der Waals surface area contributed by atoms with Crippen LogP contribution in [0.2, 0.25) is 0 Å². The van der Waals surface area contributed by atoms with Gasteiger partial charge in [-0.05, 0) is 54.4 Å². The summed E-state index contributed by atoms with van der Waals surface area (Å²) in [4.78, 5) is 16.3. The van der Waals surface area contributed by atoms with Gasteiger partial charge in [0.1, 0.15) is 4.88 Å². The Morgan fingerprint density at radius 2 is 2.08 bits per heavy atom. The molecule has 140 valence electrons. The number of nitrogens with zero attached hydrogens (tertiary/aromatic N) is 2. The van der Waals surface area contributed by atoms with E-state index in [0.29, 0.717) is 40.4 Å². The Hall–Kier alpha value is -2.13. The maximum Gasteiger partial charge on any atom is 0.350 e. The van der Waals surface area contributed by atoms with Crippen LogP contribution in [0.5, 0.6) is 11.5 Å². The summed E-state index contributed by atoms with van der Waals surface area (Å²) >= 11 is 4.68. The molecule has 0 aliphatic carbocycles. The third kappa shape index (κ3) is 4.95. The number of esters is 1. The van der Waals surface area contributed by atoms with Gasteiger partial charge in [-0.3, -0.25) is 5.43 Å². The summed E-state index contributed by atoms with van der Waals surface area (Å²) in [5.41, 5.74) is 4.24. The second-order valence-electron chi connectivity index (χ2n) is 4.99. The van der Waals surface area contributed by atoms with Crippen molar-refractivity contribution in [3.05, 3.63) is 32.7 Å². The molecule has 1 heterocycles. The average molecular weight is 442 g/mol. The molecule has 0 radical (unpaired) electrons. The number of aryl methyl sites for hydroxylation is 1. The zero-order valence-electron chi connectivity index (χ0n) is 15.0. The van der Waals surface area contributed by atoms with E-state index >= 15 is 0 Å². The maximum absolute atomic E-state index is 11.6. The van der Waals surface area contributed by atoms with Crippen LogP contribution in [0, 0.1) is 6.92 Å².